The number of carbonyl (C=O) groups excluding carboxylic acids is 2. The molecule has 0 radical (unpaired) electrons. The van der Waals surface area contributed by atoms with Gasteiger partial charge in [-0.2, -0.15) is 0 Å². The number of methoxy groups -OCH3 is 1. The standard InChI is InChI=1S/C23H18N2O5/c1-30-18-4-2-3-16(13-18)25-20(14-5-7-17(26)8-6-14)19(22(28)23(25)29)21(27)15-9-11-24-12-10-15/h2-13,20,26-27H,1H3/b21-19+. The highest BCUT2D eigenvalue weighted by Gasteiger charge is 2.47. The number of phenols is 1. The van der Waals surface area contributed by atoms with Gasteiger partial charge in [-0.3, -0.25) is 19.5 Å². The van der Waals surface area contributed by atoms with Crippen LogP contribution >= 0.6 is 0 Å². The van der Waals surface area contributed by atoms with E-state index in [9.17, 15) is 19.8 Å². The number of Topliss-reactive ketones (excluding diaryl/α,β-unsaturated/α-hetero) is 1. The number of hydrogen-bond donors (Lipinski definition) is 2. The SMILES string of the molecule is COc1cccc(N2C(=O)C(=O)/C(=C(/O)c3ccncc3)C2c2ccc(O)cc2)c1. The number of pyridine rings is 1. The number of carbonyl (C=O) groups is 2. The summed E-state index contributed by atoms with van der Waals surface area (Å²) in [4.78, 5) is 31.3. The van der Waals surface area contributed by atoms with E-state index in [2.05, 4.69) is 4.98 Å². The molecule has 30 heavy (non-hydrogen) atoms. The number of aliphatic hydroxyl groups excluding tert-OH is 1. The molecule has 1 saturated heterocycles. The van der Waals surface area contributed by atoms with Gasteiger partial charge in [-0.25, -0.2) is 0 Å². The second-order valence-corrected chi connectivity index (χ2v) is 6.70. The van der Waals surface area contributed by atoms with Crippen LogP contribution in [0.15, 0.2) is 78.6 Å². The van der Waals surface area contributed by atoms with Crippen LogP contribution in [-0.4, -0.2) is 34.0 Å². The summed E-state index contributed by atoms with van der Waals surface area (Å²) in [5.41, 5.74) is 1.34. The van der Waals surface area contributed by atoms with Crippen molar-refractivity contribution in [1.29, 1.82) is 0 Å². The molecule has 2 heterocycles. The van der Waals surface area contributed by atoms with Crippen molar-refractivity contribution in [3.8, 4) is 11.5 Å². The summed E-state index contributed by atoms with van der Waals surface area (Å²) in [6.45, 7) is 0. The van der Waals surface area contributed by atoms with Crippen molar-refractivity contribution in [3.05, 3.63) is 89.8 Å². The largest absolute Gasteiger partial charge is 0.508 e. The maximum Gasteiger partial charge on any atom is 0.300 e. The number of nitrogens with zero attached hydrogens (tertiary/aromatic N) is 2. The number of rotatable bonds is 4. The number of phenolic OH excluding ortho intramolecular Hbond substituents is 1. The molecule has 0 spiro atoms. The Kier molecular flexibility index (Phi) is 4.93. The molecule has 7 heteroatoms. The average Bonchev–Trinajstić information content (AvgIpc) is 3.05. The molecule has 0 bridgehead atoms. The van der Waals surface area contributed by atoms with Crippen LogP contribution in [-0.2, 0) is 9.59 Å². The normalized spacial score (nSPS) is 17.9. The number of hydrogen-bond acceptors (Lipinski definition) is 6. The van der Waals surface area contributed by atoms with Gasteiger partial charge in [-0.1, -0.05) is 18.2 Å². The Bertz CT molecular complexity index is 1140. The van der Waals surface area contributed by atoms with Crippen molar-refractivity contribution in [2.75, 3.05) is 12.0 Å². The zero-order valence-corrected chi connectivity index (χ0v) is 16.0. The van der Waals surface area contributed by atoms with Crippen LogP contribution in [0, 0.1) is 0 Å². The lowest BCUT2D eigenvalue weighted by Crippen LogP contribution is -2.29. The molecule has 2 N–H and O–H groups in total. The Morgan fingerprint density at radius 1 is 1.03 bits per heavy atom. The highest BCUT2D eigenvalue weighted by atomic mass is 16.5. The fourth-order valence-corrected chi connectivity index (χ4v) is 3.50. The second-order valence-electron chi connectivity index (χ2n) is 6.70. The number of anilines is 1. The summed E-state index contributed by atoms with van der Waals surface area (Å²) >= 11 is 0. The molecule has 2 aromatic carbocycles. The van der Waals surface area contributed by atoms with Crippen LogP contribution in [0.5, 0.6) is 11.5 Å². The zero-order valence-electron chi connectivity index (χ0n) is 16.0. The van der Waals surface area contributed by atoms with Crippen molar-refractivity contribution >= 4 is 23.1 Å². The minimum absolute atomic E-state index is 0.0419. The molecular weight excluding hydrogens is 384 g/mol. The molecule has 4 rings (SSSR count). The molecule has 1 aromatic heterocycles. The summed E-state index contributed by atoms with van der Waals surface area (Å²) in [5, 5.41) is 20.6. The lowest BCUT2D eigenvalue weighted by molar-refractivity contribution is -0.132. The number of amides is 1. The van der Waals surface area contributed by atoms with E-state index in [4.69, 9.17) is 4.74 Å². The molecule has 150 valence electrons. The first kappa shape index (κ1) is 19.2. The second kappa shape index (κ2) is 7.71. The Labute approximate surface area is 172 Å². The summed E-state index contributed by atoms with van der Waals surface area (Å²) in [5.74, 6) is -1.29. The number of benzene rings is 2. The summed E-state index contributed by atoms with van der Waals surface area (Å²) in [6, 6.07) is 15.2. The van der Waals surface area contributed by atoms with Crippen LogP contribution in [0.1, 0.15) is 17.2 Å². The van der Waals surface area contributed by atoms with Gasteiger partial charge in [0.25, 0.3) is 11.7 Å². The van der Waals surface area contributed by atoms with Crippen molar-refractivity contribution < 1.29 is 24.5 Å². The van der Waals surface area contributed by atoms with Gasteiger partial charge in [0.15, 0.2) is 0 Å². The molecule has 1 atom stereocenters. The molecule has 1 aliphatic rings. The average molecular weight is 402 g/mol. The lowest BCUT2D eigenvalue weighted by atomic mass is 9.95. The van der Waals surface area contributed by atoms with Gasteiger partial charge >= 0.3 is 0 Å². The van der Waals surface area contributed by atoms with Gasteiger partial charge in [0.05, 0.1) is 18.7 Å². The maximum absolute atomic E-state index is 13.0. The summed E-state index contributed by atoms with van der Waals surface area (Å²) in [7, 11) is 1.51. The topological polar surface area (TPSA) is 100.0 Å². The maximum atomic E-state index is 13.0. The van der Waals surface area contributed by atoms with E-state index in [0.717, 1.165) is 0 Å². The summed E-state index contributed by atoms with van der Waals surface area (Å²) < 4.78 is 5.25. The third-order valence-corrected chi connectivity index (χ3v) is 4.94. The first-order chi connectivity index (χ1) is 14.5. The van der Waals surface area contributed by atoms with Gasteiger partial charge in [0, 0.05) is 29.7 Å². The van der Waals surface area contributed by atoms with E-state index >= 15 is 0 Å². The number of ketones is 1. The minimum atomic E-state index is -0.883. The molecule has 7 nitrogen and oxygen atoms in total. The number of aliphatic hydroxyl groups is 1. The molecule has 1 aliphatic heterocycles. The van der Waals surface area contributed by atoms with Crippen LogP contribution in [0.4, 0.5) is 5.69 Å². The minimum Gasteiger partial charge on any atom is -0.508 e. The summed E-state index contributed by atoms with van der Waals surface area (Å²) in [6.07, 6.45) is 2.98. The van der Waals surface area contributed by atoms with Crippen LogP contribution in [0.3, 0.4) is 0 Å². The van der Waals surface area contributed by atoms with Crippen LogP contribution < -0.4 is 9.64 Å². The molecular formula is C23H18N2O5. The smallest absolute Gasteiger partial charge is 0.300 e. The number of aromatic nitrogens is 1. The molecule has 3 aromatic rings. The molecule has 1 unspecified atom stereocenters. The Morgan fingerprint density at radius 2 is 1.73 bits per heavy atom. The van der Waals surface area contributed by atoms with Gasteiger partial charge in [0.1, 0.15) is 17.3 Å². The Balaban J connectivity index is 1.94. The van der Waals surface area contributed by atoms with Gasteiger partial charge < -0.3 is 14.9 Å². The predicted octanol–water partition coefficient (Wildman–Crippen LogP) is 3.42. The number of ether oxygens (including phenoxy) is 1. The number of aromatic hydroxyl groups is 1. The van der Waals surface area contributed by atoms with Crippen molar-refractivity contribution in [2.45, 2.75) is 6.04 Å². The van der Waals surface area contributed by atoms with Crippen molar-refractivity contribution in [2.24, 2.45) is 0 Å². The van der Waals surface area contributed by atoms with Crippen LogP contribution in [0.2, 0.25) is 0 Å². The third kappa shape index (κ3) is 3.26. The monoisotopic (exact) mass is 402 g/mol. The van der Waals surface area contributed by atoms with E-state index in [0.29, 0.717) is 22.6 Å². The lowest BCUT2D eigenvalue weighted by Gasteiger charge is -2.25. The third-order valence-electron chi connectivity index (χ3n) is 4.94. The van der Waals surface area contributed by atoms with Crippen LogP contribution in [0.25, 0.3) is 5.76 Å². The quantitative estimate of drug-likeness (QED) is 0.394. The van der Waals surface area contributed by atoms with E-state index in [-0.39, 0.29) is 17.1 Å². The van der Waals surface area contributed by atoms with Gasteiger partial charge in [-0.05, 0) is 42.0 Å². The molecule has 1 fully saturated rings. The fraction of sp³-hybridized carbons (Fsp3) is 0.0870. The molecule has 0 saturated carbocycles. The predicted molar refractivity (Wildman–Crippen MR) is 110 cm³/mol. The van der Waals surface area contributed by atoms with E-state index in [1.807, 2.05) is 0 Å². The van der Waals surface area contributed by atoms with Gasteiger partial charge in [-0.15, -0.1) is 0 Å². The van der Waals surface area contributed by atoms with Crippen molar-refractivity contribution in [3.63, 3.8) is 0 Å². The fourth-order valence-electron chi connectivity index (χ4n) is 3.50. The van der Waals surface area contributed by atoms with E-state index in [1.54, 1.807) is 48.5 Å². The Morgan fingerprint density at radius 3 is 2.40 bits per heavy atom. The van der Waals surface area contributed by atoms with E-state index < -0.39 is 17.7 Å². The molecule has 1 amide bonds. The van der Waals surface area contributed by atoms with E-state index in [1.165, 1.54) is 36.5 Å². The Hall–Kier alpha value is -4.13. The first-order valence-corrected chi connectivity index (χ1v) is 9.15. The highest BCUT2D eigenvalue weighted by molar-refractivity contribution is 6.51. The zero-order chi connectivity index (χ0) is 21.3. The highest BCUT2D eigenvalue weighted by Crippen LogP contribution is 2.42. The molecule has 0 aliphatic carbocycles. The first-order valence-electron chi connectivity index (χ1n) is 9.15. The van der Waals surface area contributed by atoms with Crippen molar-refractivity contribution in [1.82, 2.24) is 4.98 Å². The van der Waals surface area contributed by atoms with Gasteiger partial charge in [0.2, 0.25) is 0 Å².